The van der Waals surface area contributed by atoms with E-state index < -0.39 is 41.2 Å². The van der Waals surface area contributed by atoms with Crippen molar-refractivity contribution in [3.63, 3.8) is 0 Å². The number of amides is 2. The second-order valence-electron chi connectivity index (χ2n) is 10.6. The number of esters is 1. The van der Waals surface area contributed by atoms with E-state index in [2.05, 4.69) is 20.5 Å². The number of hydrogen-bond donors (Lipinski definition) is 2. The largest absolute Gasteiger partial charge is 0.496 e. The molecule has 12 nitrogen and oxygen atoms in total. The SMILES string of the molecule is COC(=O)CCC(=O)[C@H](CCNC(=O)OC(C)(C)C)NC(=O)c1cc(-c2c(OC)cccc2OC)n(-c2ccc(F)cc2)n1. The van der Waals surface area contributed by atoms with Crippen LogP contribution in [0.1, 0.15) is 50.5 Å². The highest BCUT2D eigenvalue weighted by molar-refractivity contribution is 5.98. The number of methoxy groups -OCH3 is 3. The smallest absolute Gasteiger partial charge is 0.407 e. The Labute approximate surface area is 254 Å². The van der Waals surface area contributed by atoms with Crippen molar-refractivity contribution in [1.29, 1.82) is 0 Å². The maximum Gasteiger partial charge on any atom is 0.407 e. The number of halogens is 1. The van der Waals surface area contributed by atoms with Crippen LogP contribution in [0.4, 0.5) is 9.18 Å². The predicted molar refractivity (Wildman–Crippen MR) is 158 cm³/mol. The van der Waals surface area contributed by atoms with Crippen molar-refractivity contribution in [3.05, 3.63) is 60.0 Å². The van der Waals surface area contributed by atoms with Gasteiger partial charge in [0.2, 0.25) is 0 Å². The van der Waals surface area contributed by atoms with Crippen molar-refractivity contribution in [2.45, 2.75) is 51.7 Å². The van der Waals surface area contributed by atoms with Crippen LogP contribution in [0, 0.1) is 5.82 Å². The third-order valence-corrected chi connectivity index (χ3v) is 6.30. The van der Waals surface area contributed by atoms with Crippen LogP contribution in [-0.2, 0) is 19.1 Å². The molecule has 0 saturated carbocycles. The lowest BCUT2D eigenvalue weighted by Gasteiger charge is -2.21. The molecule has 0 bridgehead atoms. The Morgan fingerprint density at radius 3 is 2.16 bits per heavy atom. The van der Waals surface area contributed by atoms with Gasteiger partial charge in [0.25, 0.3) is 5.91 Å². The molecular weight excluding hydrogens is 575 g/mol. The van der Waals surface area contributed by atoms with Gasteiger partial charge < -0.3 is 29.6 Å². The lowest BCUT2D eigenvalue weighted by molar-refractivity contribution is -0.142. The molecule has 1 aromatic heterocycles. The molecule has 44 heavy (non-hydrogen) atoms. The van der Waals surface area contributed by atoms with Crippen molar-refractivity contribution >= 4 is 23.8 Å². The van der Waals surface area contributed by atoms with Crippen molar-refractivity contribution in [3.8, 4) is 28.4 Å². The van der Waals surface area contributed by atoms with Gasteiger partial charge in [-0.25, -0.2) is 13.9 Å². The summed E-state index contributed by atoms with van der Waals surface area (Å²) in [6.07, 6.45) is -1.05. The highest BCUT2D eigenvalue weighted by Crippen LogP contribution is 2.39. The average Bonchev–Trinajstić information content (AvgIpc) is 3.43. The van der Waals surface area contributed by atoms with Crippen LogP contribution in [0.15, 0.2) is 48.5 Å². The predicted octanol–water partition coefficient (Wildman–Crippen LogP) is 4.23. The minimum atomic E-state index is -1.08. The number of ketones is 1. The normalized spacial score (nSPS) is 11.7. The second-order valence-corrected chi connectivity index (χ2v) is 10.6. The minimum absolute atomic E-state index is 0.00247. The Bertz CT molecular complexity index is 1460. The van der Waals surface area contributed by atoms with Crippen LogP contribution in [0.3, 0.4) is 0 Å². The molecule has 0 unspecified atom stereocenters. The summed E-state index contributed by atoms with van der Waals surface area (Å²) in [5.74, 6) is -1.31. The number of nitrogens with zero attached hydrogens (tertiary/aromatic N) is 2. The number of benzene rings is 2. The molecular formula is C31H37FN4O8. The van der Waals surface area contributed by atoms with Gasteiger partial charge in [0.1, 0.15) is 22.9 Å². The van der Waals surface area contributed by atoms with E-state index in [4.69, 9.17) is 14.2 Å². The first-order valence-electron chi connectivity index (χ1n) is 13.8. The number of carbonyl (C=O) groups excluding carboxylic acids is 4. The Balaban J connectivity index is 1.96. The Kier molecular flexibility index (Phi) is 11.4. The fourth-order valence-electron chi connectivity index (χ4n) is 4.23. The van der Waals surface area contributed by atoms with Gasteiger partial charge in [0.15, 0.2) is 11.5 Å². The van der Waals surface area contributed by atoms with Gasteiger partial charge in [-0.1, -0.05) is 6.07 Å². The van der Waals surface area contributed by atoms with E-state index in [0.29, 0.717) is 28.4 Å². The van der Waals surface area contributed by atoms with Crippen LogP contribution >= 0.6 is 0 Å². The maximum absolute atomic E-state index is 13.8. The summed E-state index contributed by atoms with van der Waals surface area (Å²) in [5.41, 5.74) is 0.542. The molecule has 0 saturated heterocycles. The standard InChI is InChI=1S/C31H37FN4O8/c1-31(2,3)44-30(40)33-17-16-21(24(37)14-15-27(38)43-6)34-29(39)22-18-23(28-25(41-4)8-7-9-26(28)42-5)36(35-22)20-12-10-19(32)11-13-20/h7-13,18,21H,14-17H2,1-6H3,(H,33,40)(H,34,39)/t21-/m0/s1. The van der Waals surface area contributed by atoms with Crippen molar-refractivity contribution < 1.29 is 42.5 Å². The van der Waals surface area contributed by atoms with Gasteiger partial charge in [-0.15, -0.1) is 0 Å². The molecule has 0 aliphatic carbocycles. The maximum atomic E-state index is 13.8. The fraction of sp³-hybridized carbons (Fsp3) is 0.387. The minimum Gasteiger partial charge on any atom is -0.496 e. The van der Waals surface area contributed by atoms with Gasteiger partial charge in [0, 0.05) is 13.0 Å². The molecule has 1 atom stereocenters. The van der Waals surface area contributed by atoms with Crippen molar-refractivity contribution in [1.82, 2.24) is 20.4 Å². The number of carbonyl (C=O) groups is 4. The zero-order chi connectivity index (χ0) is 32.4. The van der Waals surface area contributed by atoms with Crippen LogP contribution in [0.25, 0.3) is 16.9 Å². The molecule has 3 aromatic rings. The number of alkyl carbamates (subject to hydrolysis) is 1. The summed E-state index contributed by atoms with van der Waals surface area (Å²) in [4.78, 5) is 50.4. The topological polar surface area (TPSA) is 147 Å². The number of Topliss-reactive ketones (excluding diaryl/α,β-unsaturated/α-hetero) is 1. The molecule has 0 aliphatic heterocycles. The zero-order valence-corrected chi connectivity index (χ0v) is 25.6. The Hall–Kier alpha value is -4.94. The Morgan fingerprint density at radius 2 is 1.59 bits per heavy atom. The molecule has 1 heterocycles. The number of aromatic nitrogens is 2. The van der Waals surface area contributed by atoms with E-state index in [1.165, 1.54) is 56.3 Å². The van der Waals surface area contributed by atoms with E-state index in [1.54, 1.807) is 39.0 Å². The zero-order valence-electron chi connectivity index (χ0n) is 25.6. The third-order valence-electron chi connectivity index (χ3n) is 6.30. The summed E-state index contributed by atoms with van der Waals surface area (Å²) in [5, 5.41) is 9.72. The summed E-state index contributed by atoms with van der Waals surface area (Å²) in [7, 11) is 4.18. The van der Waals surface area contributed by atoms with Crippen LogP contribution < -0.4 is 20.1 Å². The number of ether oxygens (including phenoxy) is 4. The first kappa shape index (κ1) is 33.6. The van der Waals surface area contributed by atoms with Gasteiger partial charge >= 0.3 is 12.1 Å². The van der Waals surface area contributed by atoms with E-state index in [1.807, 2.05) is 0 Å². The quantitative estimate of drug-likeness (QED) is 0.271. The van der Waals surface area contributed by atoms with E-state index in [9.17, 15) is 23.6 Å². The molecule has 236 valence electrons. The second kappa shape index (κ2) is 15.0. The number of rotatable bonds is 13. The third kappa shape index (κ3) is 9.03. The van der Waals surface area contributed by atoms with Gasteiger partial charge in [-0.05, 0) is 69.7 Å². The van der Waals surface area contributed by atoms with Crippen LogP contribution in [0.5, 0.6) is 11.5 Å². The van der Waals surface area contributed by atoms with Gasteiger partial charge in [0.05, 0.1) is 50.7 Å². The summed E-state index contributed by atoms with van der Waals surface area (Å²) in [6.45, 7) is 5.14. The highest BCUT2D eigenvalue weighted by atomic mass is 19.1. The van der Waals surface area contributed by atoms with Crippen LogP contribution in [0.2, 0.25) is 0 Å². The summed E-state index contributed by atoms with van der Waals surface area (Å²) < 4.78 is 36.2. The average molecular weight is 613 g/mol. The van der Waals surface area contributed by atoms with Crippen LogP contribution in [-0.4, -0.2) is 73.1 Å². The van der Waals surface area contributed by atoms with E-state index in [-0.39, 0.29) is 31.5 Å². The molecule has 0 radical (unpaired) electrons. The first-order valence-corrected chi connectivity index (χ1v) is 13.8. The molecule has 2 amide bonds. The van der Waals surface area contributed by atoms with Gasteiger partial charge in [-0.3, -0.25) is 14.4 Å². The lowest BCUT2D eigenvalue weighted by atomic mass is 10.0. The molecule has 0 fully saturated rings. The van der Waals surface area contributed by atoms with Crippen molar-refractivity contribution in [2.24, 2.45) is 0 Å². The lowest BCUT2D eigenvalue weighted by Crippen LogP contribution is -2.44. The molecule has 0 spiro atoms. The fourth-order valence-corrected chi connectivity index (χ4v) is 4.23. The molecule has 0 aliphatic rings. The number of hydrogen-bond acceptors (Lipinski definition) is 9. The van der Waals surface area contributed by atoms with Gasteiger partial charge in [-0.2, -0.15) is 5.10 Å². The van der Waals surface area contributed by atoms with E-state index >= 15 is 0 Å². The monoisotopic (exact) mass is 612 g/mol. The summed E-state index contributed by atoms with van der Waals surface area (Å²) >= 11 is 0. The Morgan fingerprint density at radius 1 is 0.955 bits per heavy atom. The molecule has 2 aromatic carbocycles. The summed E-state index contributed by atoms with van der Waals surface area (Å²) in [6, 6.07) is 11.1. The molecule has 3 rings (SSSR count). The molecule has 13 heteroatoms. The first-order chi connectivity index (χ1) is 20.9. The highest BCUT2D eigenvalue weighted by Gasteiger charge is 2.27. The molecule has 2 N–H and O–H groups in total. The van der Waals surface area contributed by atoms with E-state index in [0.717, 1.165) is 0 Å². The van der Waals surface area contributed by atoms with Crippen molar-refractivity contribution in [2.75, 3.05) is 27.9 Å². The number of nitrogens with one attached hydrogen (secondary N) is 2.